The summed E-state index contributed by atoms with van der Waals surface area (Å²) in [6, 6.07) is 16.6. The summed E-state index contributed by atoms with van der Waals surface area (Å²) in [6.45, 7) is 5.03. The van der Waals surface area contributed by atoms with Crippen molar-refractivity contribution in [3.8, 4) is 11.1 Å². The van der Waals surface area contributed by atoms with Crippen molar-refractivity contribution in [2.24, 2.45) is 0 Å². The minimum Gasteiger partial charge on any atom is -0.365 e. The van der Waals surface area contributed by atoms with Gasteiger partial charge in [0, 0.05) is 22.5 Å². The molecule has 2 aromatic carbocycles. The van der Waals surface area contributed by atoms with Crippen LogP contribution >= 0.6 is 22.9 Å². The predicted molar refractivity (Wildman–Crippen MR) is 116 cm³/mol. The maximum Gasteiger partial charge on any atom is 0.139 e. The fourth-order valence-electron chi connectivity index (χ4n) is 3.09. The summed E-state index contributed by atoms with van der Waals surface area (Å²) in [5.41, 5.74) is 4.73. The van der Waals surface area contributed by atoms with E-state index >= 15 is 0 Å². The lowest BCUT2D eigenvalue weighted by Crippen LogP contribution is -2.02. The molecular formula is C22H20ClN3S. The van der Waals surface area contributed by atoms with Crippen LogP contribution in [0, 0.1) is 0 Å². The molecule has 1 N–H and O–H groups in total. The number of rotatable bonds is 5. The van der Waals surface area contributed by atoms with E-state index in [-0.39, 0.29) is 0 Å². The van der Waals surface area contributed by atoms with Gasteiger partial charge in [-0.25, -0.2) is 9.97 Å². The van der Waals surface area contributed by atoms with E-state index in [9.17, 15) is 0 Å². The van der Waals surface area contributed by atoms with Gasteiger partial charge in [-0.05, 0) is 28.7 Å². The lowest BCUT2D eigenvalue weighted by molar-refractivity contribution is 0.867. The number of hydrogen-bond donors (Lipinski definition) is 1. The standard InChI is InChI=1S/C22H20ClN3S/c1-14(2)15-7-9-16(10-8-15)18-12-27-22-20(18)21(25-13-26-22)24-11-17-5-3-4-6-19(17)23/h3-10,12-14H,11H2,1-2H3,(H,24,25,26). The summed E-state index contributed by atoms with van der Waals surface area (Å²) in [7, 11) is 0. The average Bonchev–Trinajstić information content (AvgIpc) is 3.12. The minimum atomic E-state index is 0.523. The van der Waals surface area contributed by atoms with E-state index < -0.39 is 0 Å². The summed E-state index contributed by atoms with van der Waals surface area (Å²) >= 11 is 7.93. The average molecular weight is 394 g/mol. The van der Waals surface area contributed by atoms with E-state index in [1.54, 1.807) is 17.7 Å². The highest BCUT2D eigenvalue weighted by atomic mass is 35.5. The molecule has 0 saturated carbocycles. The molecule has 0 radical (unpaired) electrons. The molecule has 0 unspecified atom stereocenters. The van der Waals surface area contributed by atoms with Gasteiger partial charge in [-0.3, -0.25) is 0 Å². The molecule has 27 heavy (non-hydrogen) atoms. The summed E-state index contributed by atoms with van der Waals surface area (Å²) in [5.74, 6) is 1.36. The summed E-state index contributed by atoms with van der Waals surface area (Å²) in [4.78, 5) is 9.93. The van der Waals surface area contributed by atoms with Gasteiger partial charge in [-0.2, -0.15) is 0 Å². The molecule has 0 amide bonds. The number of nitrogens with one attached hydrogen (secondary N) is 1. The highest BCUT2D eigenvalue weighted by Crippen LogP contribution is 2.37. The topological polar surface area (TPSA) is 37.8 Å². The SMILES string of the molecule is CC(C)c1ccc(-c2csc3ncnc(NCc4ccccc4Cl)c23)cc1. The second-order valence-corrected chi connectivity index (χ2v) is 8.04. The number of nitrogens with zero attached hydrogens (tertiary/aromatic N) is 2. The van der Waals surface area contributed by atoms with Crippen LogP contribution in [-0.2, 0) is 6.54 Å². The Labute approximate surface area is 168 Å². The molecule has 0 fully saturated rings. The molecule has 4 aromatic rings. The molecule has 0 aliphatic carbocycles. The molecule has 4 rings (SSSR count). The lowest BCUT2D eigenvalue weighted by atomic mass is 9.99. The molecule has 3 nitrogen and oxygen atoms in total. The summed E-state index contributed by atoms with van der Waals surface area (Å²) < 4.78 is 0. The summed E-state index contributed by atoms with van der Waals surface area (Å²) in [6.07, 6.45) is 1.61. The zero-order valence-corrected chi connectivity index (χ0v) is 16.8. The van der Waals surface area contributed by atoms with Gasteiger partial charge in [-0.15, -0.1) is 11.3 Å². The van der Waals surface area contributed by atoms with Crippen LogP contribution in [0.25, 0.3) is 21.3 Å². The van der Waals surface area contributed by atoms with Crippen molar-refractivity contribution < 1.29 is 0 Å². The quantitative estimate of drug-likeness (QED) is 0.407. The molecule has 136 valence electrons. The zero-order chi connectivity index (χ0) is 18.8. The van der Waals surface area contributed by atoms with Crippen LogP contribution in [0.5, 0.6) is 0 Å². The Morgan fingerprint density at radius 1 is 1.04 bits per heavy atom. The summed E-state index contributed by atoms with van der Waals surface area (Å²) in [5, 5.41) is 7.42. The third-order valence-corrected chi connectivity index (χ3v) is 5.92. The first kappa shape index (κ1) is 18.0. The number of halogens is 1. The first-order valence-corrected chi connectivity index (χ1v) is 10.2. The Hall–Kier alpha value is -2.43. The largest absolute Gasteiger partial charge is 0.365 e. The van der Waals surface area contributed by atoms with Gasteiger partial charge in [-0.1, -0.05) is 67.9 Å². The minimum absolute atomic E-state index is 0.523. The Balaban J connectivity index is 1.70. The van der Waals surface area contributed by atoms with Crippen molar-refractivity contribution in [1.29, 1.82) is 0 Å². The van der Waals surface area contributed by atoms with Crippen LogP contribution in [0.2, 0.25) is 5.02 Å². The van der Waals surface area contributed by atoms with Gasteiger partial charge in [0.2, 0.25) is 0 Å². The fraction of sp³-hybridized carbons (Fsp3) is 0.182. The first-order valence-electron chi connectivity index (χ1n) is 8.93. The second kappa shape index (κ2) is 7.67. The van der Waals surface area contributed by atoms with Crippen LogP contribution < -0.4 is 5.32 Å². The van der Waals surface area contributed by atoms with Gasteiger partial charge in [0.15, 0.2) is 0 Å². The van der Waals surface area contributed by atoms with E-state index in [1.165, 1.54) is 11.1 Å². The zero-order valence-electron chi connectivity index (χ0n) is 15.2. The van der Waals surface area contributed by atoms with Gasteiger partial charge >= 0.3 is 0 Å². The van der Waals surface area contributed by atoms with Crippen molar-refractivity contribution in [3.05, 3.63) is 76.4 Å². The number of anilines is 1. The Kier molecular flexibility index (Phi) is 5.10. The normalized spacial score (nSPS) is 11.3. The van der Waals surface area contributed by atoms with E-state index in [2.05, 4.69) is 58.8 Å². The molecule has 0 aliphatic heterocycles. The van der Waals surface area contributed by atoms with Gasteiger partial charge < -0.3 is 5.32 Å². The second-order valence-electron chi connectivity index (χ2n) is 6.77. The molecule has 0 saturated heterocycles. The first-order chi connectivity index (χ1) is 13.1. The van der Waals surface area contributed by atoms with E-state index in [0.29, 0.717) is 12.5 Å². The van der Waals surface area contributed by atoms with Crippen molar-refractivity contribution >= 4 is 39.0 Å². The van der Waals surface area contributed by atoms with E-state index in [1.807, 2.05) is 24.3 Å². The van der Waals surface area contributed by atoms with Crippen LogP contribution in [-0.4, -0.2) is 9.97 Å². The Morgan fingerprint density at radius 2 is 1.81 bits per heavy atom. The molecule has 0 spiro atoms. The lowest BCUT2D eigenvalue weighted by Gasteiger charge is -2.10. The number of benzene rings is 2. The highest BCUT2D eigenvalue weighted by molar-refractivity contribution is 7.17. The third-order valence-electron chi connectivity index (χ3n) is 4.66. The van der Waals surface area contributed by atoms with Crippen molar-refractivity contribution in [3.63, 3.8) is 0 Å². The van der Waals surface area contributed by atoms with Crippen molar-refractivity contribution in [2.45, 2.75) is 26.3 Å². The van der Waals surface area contributed by atoms with Crippen LogP contribution in [0.1, 0.15) is 30.9 Å². The maximum atomic E-state index is 6.28. The Morgan fingerprint density at radius 3 is 2.56 bits per heavy atom. The molecule has 0 atom stereocenters. The smallest absolute Gasteiger partial charge is 0.139 e. The maximum absolute atomic E-state index is 6.28. The van der Waals surface area contributed by atoms with E-state index in [0.717, 1.165) is 32.2 Å². The monoisotopic (exact) mass is 393 g/mol. The number of hydrogen-bond acceptors (Lipinski definition) is 4. The number of thiophene rings is 1. The molecule has 5 heteroatoms. The van der Waals surface area contributed by atoms with Crippen LogP contribution in [0.15, 0.2) is 60.2 Å². The molecule has 2 heterocycles. The number of fused-ring (bicyclic) bond motifs is 1. The highest BCUT2D eigenvalue weighted by Gasteiger charge is 2.13. The molecule has 0 aliphatic rings. The van der Waals surface area contributed by atoms with Crippen molar-refractivity contribution in [2.75, 3.05) is 5.32 Å². The fourth-order valence-corrected chi connectivity index (χ4v) is 4.21. The van der Waals surface area contributed by atoms with E-state index in [4.69, 9.17) is 11.6 Å². The van der Waals surface area contributed by atoms with Gasteiger partial charge in [0.05, 0.1) is 5.39 Å². The van der Waals surface area contributed by atoms with Crippen LogP contribution in [0.4, 0.5) is 5.82 Å². The Bertz CT molecular complexity index is 1070. The van der Waals surface area contributed by atoms with Gasteiger partial charge in [0.1, 0.15) is 17.0 Å². The van der Waals surface area contributed by atoms with Crippen LogP contribution in [0.3, 0.4) is 0 Å². The van der Waals surface area contributed by atoms with Gasteiger partial charge in [0.25, 0.3) is 0 Å². The molecule has 0 bridgehead atoms. The third kappa shape index (κ3) is 3.68. The number of aromatic nitrogens is 2. The molecular weight excluding hydrogens is 374 g/mol. The van der Waals surface area contributed by atoms with Crippen molar-refractivity contribution in [1.82, 2.24) is 9.97 Å². The predicted octanol–water partition coefficient (Wildman–Crippen LogP) is 6.75. The molecule has 2 aromatic heterocycles.